The molecule has 3 heteroatoms. The summed E-state index contributed by atoms with van der Waals surface area (Å²) in [5.74, 6) is 1.91. The lowest BCUT2D eigenvalue weighted by atomic mass is 10.1. The summed E-state index contributed by atoms with van der Waals surface area (Å²) < 4.78 is 2.22. The number of hydrogen-bond donors (Lipinski definition) is 1. The van der Waals surface area contributed by atoms with E-state index in [1.54, 1.807) is 0 Å². The van der Waals surface area contributed by atoms with Gasteiger partial charge in [0.15, 0.2) is 0 Å². The molecule has 3 nitrogen and oxygen atoms in total. The number of fused-ring (bicyclic) bond motifs is 1. The van der Waals surface area contributed by atoms with Crippen LogP contribution in [0.3, 0.4) is 0 Å². The lowest BCUT2D eigenvalue weighted by Gasteiger charge is -2.07. The van der Waals surface area contributed by atoms with E-state index in [1.165, 1.54) is 29.7 Å². The summed E-state index contributed by atoms with van der Waals surface area (Å²) >= 11 is 0. The molecule has 16 heavy (non-hydrogen) atoms. The van der Waals surface area contributed by atoms with E-state index >= 15 is 0 Å². The minimum absolute atomic E-state index is 0.0867. The van der Waals surface area contributed by atoms with Crippen LogP contribution in [0.1, 0.15) is 48.8 Å². The van der Waals surface area contributed by atoms with Crippen LogP contribution in [-0.2, 0) is 0 Å². The Kier molecular flexibility index (Phi) is 2.04. The van der Waals surface area contributed by atoms with Crippen LogP contribution in [0.15, 0.2) is 18.3 Å². The third-order valence-electron chi connectivity index (χ3n) is 3.35. The van der Waals surface area contributed by atoms with Gasteiger partial charge in [-0.15, -0.1) is 0 Å². The Labute approximate surface area is 95.3 Å². The van der Waals surface area contributed by atoms with Crippen LogP contribution in [0.5, 0.6) is 0 Å². The van der Waals surface area contributed by atoms with E-state index in [4.69, 9.17) is 5.73 Å². The smallest absolute Gasteiger partial charge is 0.116 e. The summed E-state index contributed by atoms with van der Waals surface area (Å²) in [6, 6.07) is 4.35. The normalized spacial score (nSPS) is 17.9. The molecule has 0 amide bonds. The molecule has 1 atom stereocenters. The lowest BCUT2D eigenvalue weighted by Crippen LogP contribution is -2.05. The van der Waals surface area contributed by atoms with Crippen molar-refractivity contribution in [2.75, 3.05) is 0 Å². The summed E-state index contributed by atoms with van der Waals surface area (Å²) in [7, 11) is 0. The van der Waals surface area contributed by atoms with Crippen LogP contribution in [0.25, 0.3) is 5.52 Å². The summed E-state index contributed by atoms with van der Waals surface area (Å²) in [5, 5.41) is 0. The maximum absolute atomic E-state index is 5.90. The van der Waals surface area contributed by atoms with Gasteiger partial charge in [-0.05, 0) is 44.4 Å². The zero-order valence-corrected chi connectivity index (χ0v) is 9.77. The Bertz CT molecular complexity index is 535. The van der Waals surface area contributed by atoms with Crippen molar-refractivity contribution in [1.29, 1.82) is 0 Å². The highest BCUT2D eigenvalue weighted by Gasteiger charge is 2.28. The monoisotopic (exact) mass is 215 g/mol. The number of nitrogens with zero attached hydrogens (tertiary/aromatic N) is 2. The number of aryl methyl sites for hydroxylation is 1. The molecule has 0 bridgehead atoms. The Morgan fingerprint density at radius 3 is 2.88 bits per heavy atom. The van der Waals surface area contributed by atoms with Gasteiger partial charge in [0.1, 0.15) is 5.82 Å². The molecule has 1 aliphatic carbocycles. The standard InChI is InChI=1S/C13H17N3/c1-8(14)11-5-6-16-12(7-11)9(2)15-13(16)10-3-4-10/h5-8,10H,3-4,14H2,1-2H3. The van der Waals surface area contributed by atoms with Crippen molar-refractivity contribution in [2.24, 2.45) is 5.73 Å². The molecule has 1 unspecified atom stereocenters. The number of hydrogen-bond acceptors (Lipinski definition) is 2. The highest BCUT2D eigenvalue weighted by Crippen LogP contribution is 2.40. The van der Waals surface area contributed by atoms with Crippen molar-refractivity contribution in [3.63, 3.8) is 0 Å². The number of pyridine rings is 1. The van der Waals surface area contributed by atoms with Crippen LogP contribution in [0.4, 0.5) is 0 Å². The van der Waals surface area contributed by atoms with Crippen molar-refractivity contribution in [2.45, 2.75) is 38.6 Å². The SMILES string of the molecule is Cc1nc(C2CC2)n2ccc(C(C)N)cc12. The third kappa shape index (κ3) is 1.43. The second kappa shape index (κ2) is 3.32. The van der Waals surface area contributed by atoms with Crippen molar-refractivity contribution < 1.29 is 0 Å². The van der Waals surface area contributed by atoms with Crippen LogP contribution in [-0.4, -0.2) is 9.38 Å². The summed E-state index contributed by atoms with van der Waals surface area (Å²) in [5.41, 5.74) is 9.40. The maximum Gasteiger partial charge on any atom is 0.116 e. The first-order valence-electron chi connectivity index (χ1n) is 5.91. The van der Waals surface area contributed by atoms with Gasteiger partial charge in [-0.3, -0.25) is 0 Å². The van der Waals surface area contributed by atoms with Crippen LogP contribution in [0.2, 0.25) is 0 Å². The Morgan fingerprint density at radius 1 is 1.50 bits per heavy atom. The van der Waals surface area contributed by atoms with Crippen LogP contribution in [0, 0.1) is 6.92 Å². The van der Waals surface area contributed by atoms with Crippen molar-refractivity contribution in [3.8, 4) is 0 Å². The molecule has 2 heterocycles. The van der Waals surface area contributed by atoms with Gasteiger partial charge in [-0.1, -0.05) is 0 Å². The van der Waals surface area contributed by atoms with Crippen LogP contribution < -0.4 is 5.73 Å². The van der Waals surface area contributed by atoms with Gasteiger partial charge < -0.3 is 10.1 Å². The van der Waals surface area contributed by atoms with Gasteiger partial charge in [-0.2, -0.15) is 0 Å². The number of nitrogens with two attached hydrogens (primary N) is 1. The fourth-order valence-electron chi connectivity index (χ4n) is 2.19. The first-order valence-corrected chi connectivity index (χ1v) is 5.91. The topological polar surface area (TPSA) is 43.3 Å². The second-order valence-electron chi connectivity index (χ2n) is 4.83. The molecule has 2 aromatic rings. The zero-order valence-electron chi connectivity index (χ0n) is 9.77. The molecule has 0 saturated heterocycles. The van der Waals surface area contributed by atoms with E-state index < -0.39 is 0 Å². The highest BCUT2D eigenvalue weighted by atomic mass is 15.0. The van der Waals surface area contributed by atoms with Gasteiger partial charge >= 0.3 is 0 Å². The van der Waals surface area contributed by atoms with E-state index in [0.29, 0.717) is 5.92 Å². The van der Waals surface area contributed by atoms with Gasteiger partial charge in [0.05, 0.1) is 11.2 Å². The molecule has 1 aliphatic rings. The van der Waals surface area contributed by atoms with E-state index in [2.05, 4.69) is 34.6 Å². The average molecular weight is 215 g/mol. The fourth-order valence-corrected chi connectivity index (χ4v) is 2.19. The molecular weight excluding hydrogens is 198 g/mol. The zero-order chi connectivity index (χ0) is 11.3. The van der Waals surface area contributed by atoms with E-state index in [1.807, 2.05) is 6.92 Å². The second-order valence-corrected chi connectivity index (χ2v) is 4.83. The van der Waals surface area contributed by atoms with Crippen LogP contribution >= 0.6 is 0 Å². The first-order chi connectivity index (χ1) is 7.66. The minimum atomic E-state index is 0.0867. The highest BCUT2D eigenvalue weighted by molar-refractivity contribution is 5.55. The van der Waals surface area contributed by atoms with Gasteiger partial charge in [-0.25, -0.2) is 4.98 Å². The summed E-state index contributed by atoms with van der Waals surface area (Å²) in [6.45, 7) is 4.09. The summed E-state index contributed by atoms with van der Waals surface area (Å²) in [4.78, 5) is 4.67. The Hall–Kier alpha value is -1.35. The molecule has 3 rings (SSSR count). The molecule has 2 N–H and O–H groups in total. The van der Waals surface area contributed by atoms with E-state index in [9.17, 15) is 0 Å². The van der Waals surface area contributed by atoms with Gasteiger partial charge in [0.25, 0.3) is 0 Å². The van der Waals surface area contributed by atoms with E-state index in [-0.39, 0.29) is 6.04 Å². The number of rotatable bonds is 2. The molecule has 84 valence electrons. The molecule has 0 aromatic carbocycles. The quantitative estimate of drug-likeness (QED) is 0.836. The largest absolute Gasteiger partial charge is 0.324 e. The summed E-state index contributed by atoms with van der Waals surface area (Å²) in [6.07, 6.45) is 4.68. The molecule has 2 aromatic heterocycles. The first kappa shape index (κ1) is 9.85. The molecule has 1 fully saturated rings. The van der Waals surface area contributed by atoms with Crippen molar-refractivity contribution in [1.82, 2.24) is 9.38 Å². The van der Waals surface area contributed by atoms with Gasteiger partial charge in [0.2, 0.25) is 0 Å². The molecule has 0 radical (unpaired) electrons. The predicted octanol–water partition coefficient (Wildman–Crippen LogP) is 2.54. The van der Waals surface area contributed by atoms with Crippen molar-refractivity contribution >= 4 is 5.52 Å². The average Bonchev–Trinajstić information content (AvgIpc) is 3.04. The third-order valence-corrected chi connectivity index (χ3v) is 3.35. The lowest BCUT2D eigenvalue weighted by molar-refractivity contribution is 0.813. The van der Waals surface area contributed by atoms with Crippen molar-refractivity contribution in [3.05, 3.63) is 35.4 Å². The number of imidazole rings is 1. The minimum Gasteiger partial charge on any atom is -0.324 e. The van der Waals surface area contributed by atoms with E-state index in [0.717, 1.165) is 5.69 Å². The number of aromatic nitrogens is 2. The Morgan fingerprint density at radius 2 is 2.25 bits per heavy atom. The maximum atomic E-state index is 5.90. The fraction of sp³-hybridized carbons (Fsp3) is 0.462. The molecular formula is C13H17N3. The molecule has 0 spiro atoms. The Balaban J connectivity index is 2.20. The predicted molar refractivity (Wildman–Crippen MR) is 64.5 cm³/mol. The molecule has 1 saturated carbocycles. The van der Waals surface area contributed by atoms with Gasteiger partial charge in [0, 0.05) is 18.2 Å². The molecule has 0 aliphatic heterocycles.